The van der Waals surface area contributed by atoms with Crippen LogP contribution in [0, 0.1) is 6.92 Å². The van der Waals surface area contributed by atoms with E-state index in [1.54, 1.807) is 0 Å². The van der Waals surface area contributed by atoms with Crippen molar-refractivity contribution in [2.24, 2.45) is 0 Å². The van der Waals surface area contributed by atoms with Gasteiger partial charge in [-0.3, -0.25) is 0 Å². The van der Waals surface area contributed by atoms with Crippen molar-refractivity contribution in [3.8, 4) is 5.75 Å². The molecule has 0 fully saturated rings. The Balaban J connectivity index is 2.46. The molecular weight excluding hydrogens is 284 g/mol. The minimum atomic E-state index is -1.87. The fraction of sp³-hybridized carbons (Fsp3) is 0.500. The van der Waals surface area contributed by atoms with Crippen LogP contribution in [0.3, 0.4) is 0 Å². The Morgan fingerprint density at radius 3 is 1.82 bits per heavy atom. The van der Waals surface area contributed by atoms with Gasteiger partial charge in [0.1, 0.15) is 5.75 Å². The molecule has 0 saturated carbocycles. The third-order valence-corrected chi connectivity index (χ3v) is 11.0. The maximum atomic E-state index is 6.77. The van der Waals surface area contributed by atoms with Crippen LogP contribution in [0.15, 0.2) is 36.4 Å². The maximum absolute atomic E-state index is 6.77. The number of hydrogen-bond acceptors (Lipinski definition) is 1. The van der Waals surface area contributed by atoms with Crippen molar-refractivity contribution in [2.75, 3.05) is 0 Å². The van der Waals surface area contributed by atoms with Crippen LogP contribution in [0.5, 0.6) is 5.75 Å². The summed E-state index contributed by atoms with van der Waals surface area (Å²) in [4.78, 5) is 0. The Kier molecular flexibility index (Phi) is 5.01. The number of benzene rings is 2. The zero-order valence-electron chi connectivity index (χ0n) is 15.1. The summed E-state index contributed by atoms with van der Waals surface area (Å²) in [6.07, 6.45) is 0. The fourth-order valence-corrected chi connectivity index (χ4v) is 9.21. The van der Waals surface area contributed by atoms with Crippen LogP contribution in [-0.2, 0) is 0 Å². The Morgan fingerprint density at radius 1 is 0.727 bits per heavy atom. The highest BCUT2D eigenvalue weighted by molar-refractivity contribution is 6.78. The SMILES string of the molecule is Cc1ccc2ccc(O[Si](C(C)C)(C(C)C)C(C)C)cc2c1. The maximum Gasteiger partial charge on any atom is 0.258 e. The van der Waals surface area contributed by atoms with Gasteiger partial charge in [-0.1, -0.05) is 71.4 Å². The Hall–Kier alpha value is -1.28. The lowest BCUT2D eigenvalue weighted by Crippen LogP contribution is -2.50. The van der Waals surface area contributed by atoms with E-state index in [-0.39, 0.29) is 0 Å². The van der Waals surface area contributed by atoms with Crippen molar-refractivity contribution in [3.63, 3.8) is 0 Å². The number of aryl methyl sites for hydroxylation is 1. The van der Waals surface area contributed by atoms with E-state index < -0.39 is 8.32 Å². The third-order valence-electron chi connectivity index (χ3n) is 4.97. The highest BCUT2D eigenvalue weighted by Gasteiger charge is 2.46. The minimum absolute atomic E-state index is 0.598. The van der Waals surface area contributed by atoms with Crippen molar-refractivity contribution in [1.29, 1.82) is 0 Å². The Bertz CT molecular complexity index is 621. The molecule has 0 aliphatic carbocycles. The van der Waals surface area contributed by atoms with Gasteiger partial charge in [0.05, 0.1) is 0 Å². The highest BCUT2D eigenvalue weighted by atomic mass is 28.4. The van der Waals surface area contributed by atoms with E-state index in [0.717, 1.165) is 5.75 Å². The van der Waals surface area contributed by atoms with Crippen molar-refractivity contribution < 1.29 is 4.43 Å². The average molecular weight is 315 g/mol. The Morgan fingerprint density at radius 2 is 1.27 bits per heavy atom. The summed E-state index contributed by atoms with van der Waals surface area (Å²) in [5.74, 6) is 1.04. The van der Waals surface area contributed by atoms with Gasteiger partial charge in [0.2, 0.25) is 0 Å². The van der Waals surface area contributed by atoms with Crippen LogP contribution in [0.25, 0.3) is 10.8 Å². The highest BCUT2D eigenvalue weighted by Crippen LogP contribution is 2.43. The summed E-state index contributed by atoms with van der Waals surface area (Å²) < 4.78 is 6.77. The standard InChI is InChI=1S/C20H30OSi/c1-14(2)22(15(3)4,16(5)6)21-20-11-10-18-9-8-17(7)12-19(18)13-20/h8-16H,1-7H3. The molecule has 0 N–H and O–H groups in total. The smallest absolute Gasteiger partial charge is 0.258 e. The zero-order chi connectivity index (χ0) is 16.5. The van der Waals surface area contributed by atoms with Crippen molar-refractivity contribution in [1.82, 2.24) is 0 Å². The molecule has 0 aromatic heterocycles. The molecule has 1 nitrogen and oxygen atoms in total. The second kappa shape index (κ2) is 6.45. The second-order valence-corrected chi connectivity index (χ2v) is 12.8. The first-order valence-corrected chi connectivity index (χ1v) is 10.6. The molecule has 2 aromatic rings. The monoisotopic (exact) mass is 314 g/mol. The number of fused-ring (bicyclic) bond motifs is 1. The third kappa shape index (κ3) is 3.07. The molecular formula is C20H30OSi. The van der Waals surface area contributed by atoms with E-state index >= 15 is 0 Å². The summed E-state index contributed by atoms with van der Waals surface area (Å²) in [6.45, 7) is 16.1. The molecule has 0 heterocycles. The van der Waals surface area contributed by atoms with Crippen LogP contribution in [0.2, 0.25) is 16.6 Å². The predicted octanol–water partition coefficient (Wildman–Crippen LogP) is 6.70. The van der Waals surface area contributed by atoms with E-state index in [9.17, 15) is 0 Å². The van der Waals surface area contributed by atoms with Crippen molar-refractivity contribution in [3.05, 3.63) is 42.0 Å². The minimum Gasteiger partial charge on any atom is -0.543 e. The molecule has 0 amide bonds. The molecule has 22 heavy (non-hydrogen) atoms. The molecule has 0 spiro atoms. The van der Waals surface area contributed by atoms with Crippen LogP contribution in [-0.4, -0.2) is 8.32 Å². The first kappa shape index (κ1) is 17.1. The number of hydrogen-bond donors (Lipinski definition) is 0. The molecule has 0 unspecified atom stereocenters. The lowest BCUT2D eigenvalue weighted by Gasteiger charge is -2.42. The molecule has 0 aliphatic heterocycles. The van der Waals surface area contributed by atoms with E-state index in [4.69, 9.17) is 4.43 Å². The number of rotatable bonds is 5. The van der Waals surface area contributed by atoms with Crippen molar-refractivity contribution in [2.45, 2.75) is 65.1 Å². The molecule has 0 saturated heterocycles. The van der Waals surface area contributed by atoms with E-state index in [1.165, 1.54) is 16.3 Å². The largest absolute Gasteiger partial charge is 0.543 e. The quantitative estimate of drug-likeness (QED) is 0.558. The molecule has 120 valence electrons. The van der Waals surface area contributed by atoms with Crippen molar-refractivity contribution >= 4 is 19.1 Å². The van der Waals surface area contributed by atoms with Gasteiger partial charge in [-0.05, 0) is 46.5 Å². The average Bonchev–Trinajstić information content (AvgIpc) is 2.43. The lowest BCUT2D eigenvalue weighted by atomic mass is 10.1. The zero-order valence-corrected chi connectivity index (χ0v) is 16.1. The molecule has 0 atom stereocenters. The summed E-state index contributed by atoms with van der Waals surface area (Å²) in [6, 6.07) is 13.1. The van der Waals surface area contributed by atoms with E-state index in [2.05, 4.69) is 84.9 Å². The van der Waals surface area contributed by atoms with Crippen LogP contribution in [0.4, 0.5) is 0 Å². The molecule has 0 bridgehead atoms. The molecule has 0 radical (unpaired) electrons. The molecule has 2 heteroatoms. The van der Waals surface area contributed by atoms with E-state index in [0.29, 0.717) is 16.6 Å². The van der Waals surface area contributed by atoms with Gasteiger partial charge in [-0.25, -0.2) is 0 Å². The first-order valence-electron chi connectivity index (χ1n) is 8.46. The lowest BCUT2D eigenvalue weighted by molar-refractivity contribution is 0.480. The van der Waals surface area contributed by atoms with Gasteiger partial charge < -0.3 is 4.43 Å². The normalized spacial score (nSPS) is 12.6. The van der Waals surface area contributed by atoms with E-state index in [1.807, 2.05) is 0 Å². The van der Waals surface area contributed by atoms with Gasteiger partial charge >= 0.3 is 0 Å². The molecule has 2 rings (SSSR count). The van der Waals surface area contributed by atoms with Crippen LogP contribution in [0.1, 0.15) is 47.1 Å². The first-order chi connectivity index (χ1) is 10.3. The van der Waals surface area contributed by atoms with Gasteiger partial charge in [0.25, 0.3) is 8.32 Å². The van der Waals surface area contributed by atoms with Crippen LogP contribution >= 0.6 is 0 Å². The summed E-state index contributed by atoms with van der Waals surface area (Å²) in [7, 11) is -1.87. The van der Waals surface area contributed by atoms with Gasteiger partial charge in [-0.2, -0.15) is 0 Å². The van der Waals surface area contributed by atoms with Gasteiger partial charge in [-0.15, -0.1) is 0 Å². The fourth-order valence-electron chi connectivity index (χ4n) is 3.97. The van der Waals surface area contributed by atoms with Crippen LogP contribution < -0.4 is 4.43 Å². The topological polar surface area (TPSA) is 9.23 Å². The summed E-state index contributed by atoms with van der Waals surface area (Å²) >= 11 is 0. The summed E-state index contributed by atoms with van der Waals surface area (Å²) in [5, 5.41) is 2.56. The predicted molar refractivity (Wildman–Crippen MR) is 100 cm³/mol. The second-order valence-electron chi connectivity index (χ2n) is 7.43. The molecule has 0 aliphatic rings. The Labute approximate surface area is 136 Å². The van der Waals surface area contributed by atoms with Gasteiger partial charge in [0.15, 0.2) is 0 Å². The van der Waals surface area contributed by atoms with Gasteiger partial charge in [0, 0.05) is 0 Å². The summed E-state index contributed by atoms with van der Waals surface area (Å²) in [5.41, 5.74) is 3.09. The molecule has 2 aromatic carbocycles.